The lowest BCUT2D eigenvalue weighted by atomic mass is 10.0. The second kappa shape index (κ2) is 5.04. The van der Waals surface area contributed by atoms with Gasteiger partial charge in [0.1, 0.15) is 0 Å². The van der Waals surface area contributed by atoms with Crippen LogP contribution in [0.1, 0.15) is 23.1 Å². The first-order chi connectivity index (χ1) is 6.27. The van der Waals surface area contributed by atoms with Gasteiger partial charge in [0, 0.05) is 5.33 Å². The van der Waals surface area contributed by atoms with Crippen LogP contribution in [0.5, 0.6) is 0 Å². The van der Waals surface area contributed by atoms with Crippen LogP contribution in [-0.2, 0) is 6.42 Å². The average Bonchev–Trinajstić information content (AvgIpc) is 2.16. The first-order valence-corrected chi connectivity index (χ1v) is 5.45. The molecule has 0 radical (unpaired) electrons. The van der Waals surface area contributed by atoms with Crippen LogP contribution in [0, 0.1) is 18.3 Å². The Morgan fingerprint density at radius 1 is 1.46 bits per heavy atom. The van der Waals surface area contributed by atoms with Crippen molar-refractivity contribution in [3.63, 3.8) is 0 Å². The lowest BCUT2D eigenvalue weighted by Gasteiger charge is -2.04. The summed E-state index contributed by atoms with van der Waals surface area (Å²) in [6.07, 6.45) is 2.23. The van der Waals surface area contributed by atoms with E-state index in [-0.39, 0.29) is 0 Å². The SMILES string of the molecule is Cc1cc(C#N)ccc1CCCBr. The number of hydrogen-bond acceptors (Lipinski definition) is 1. The first kappa shape index (κ1) is 10.3. The second-order valence-corrected chi connectivity index (χ2v) is 3.84. The molecule has 13 heavy (non-hydrogen) atoms. The van der Waals surface area contributed by atoms with Gasteiger partial charge in [-0.25, -0.2) is 0 Å². The van der Waals surface area contributed by atoms with Gasteiger partial charge in [-0.1, -0.05) is 22.0 Å². The number of nitrogens with zero attached hydrogens (tertiary/aromatic N) is 1. The number of nitriles is 1. The maximum atomic E-state index is 8.67. The molecule has 0 amide bonds. The summed E-state index contributed by atoms with van der Waals surface area (Å²) in [5.74, 6) is 0. The van der Waals surface area contributed by atoms with Gasteiger partial charge in [0.15, 0.2) is 0 Å². The van der Waals surface area contributed by atoms with Crippen LogP contribution in [0.25, 0.3) is 0 Å². The van der Waals surface area contributed by atoms with Gasteiger partial charge in [0.25, 0.3) is 0 Å². The van der Waals surface area contributed by atoms with E-state index >= 15 is 0 Å². The van der Waals surface area contributed by atoms with Crippen LogP contribution in [0.4, 0.5) is 0 Å². The van der Waals surface area contributed by atoms with Crippen LogP contribution in [0.3, 0.4) is 0 Å². The minimum atomic E-state index is 0.750. The van der Waals surface area contributed by atoms with Crippen LogP contribution < -0.4 is 0 Å². The molecule has 0 fully saturated rings. The minimum Gasteiger partial charge on any atom is -0.192 e. The van der Waals surface area contributed by atoms with Gasteiger partial charge in [-0.3, -0.25) is 0 Å². The van der Waals surface area contributed by atoms with E-state index in [9.17, 15) is 0 Å². The Kier molecular flexibility index (Phi) is 3.98. The summed E-state index contributed by atoms with van der Waals surface area (Å²) >= 11 is 3.41. The smallest absolute Gasteiger partial charge is 0.0991 e. The first-order valence-electron chi connectivity index (χ1n) is 4.33. The lowest BCUT2D eigenvalue weighted by Crippen LogP contribution is -1.91. The average molecular weight is 238 g/mol. The van der Waals surface area contributed by atoms with Crippen molar-refractivity contribution in [1.29, 1.82) is 5.26 Å². The topological polar surface area (TPSA) is 23.8 Å². The maximum Gasteiger partial charge on any atom is 0.0991 e. The van der Waals surface area contributed by atoms with Crippen LogP contribution in [0.15, 0.2) is 18.2 Å². The Hall–Kier alpha value is -0.810. The molecule has 0 heterocycles. The van der Waals surface area contributed by atoms with Gasteiger partial charge in [-0.2, -0.15) is 5.26 Å². The van der Waals surface area contributed by atoms with Crippen molar-refractivity contribution in [2.45, 2.75) is 19.8 Å². The summed E-state index contributed by atoms with van der Waals surface area (Å²) < 4.78 is 0. The summed E-state index contributed by atoms with van der Waals surface area (Å²) in [5.41, 5.74) is 3.32. The number of alkyl halides is 1. The summed E-state index contributed by atoms with van der Waals surface area (Å²) in [7, 11) is 0. The fourth-order valence-electron chi connectivity index (χ4n) is 1.30. The van der Waals surface area contributed by atoms with E-state index in [1.807, 2.05) is 12.1 Å². The predicted octanol–water partition coefficient (Wildman–Crippen LogP) is 3.19. The van der Waals surface area contributed by atoms with E-state index in [0.717, 1.165) is 23.7 Å². The highest BCUT2D eigenvalue weighted by molar-refractivity contribution is 9.09. The molecule has 2 heteroatoms. The van der Waals surface area contributed by atoms with E-state index in [2.05, 4.69) is 35.0 Å². The molecule has 0 aliphatic rings. The molecular formula is C11H12BrN. The van der Waals surface area contributed by atoms with E-state index in [1.165, 1.54) is 11.1 Å². The highest BCUT2D eigenvalue weighted by atomic mass is 79.9. The van der Waals surface area contributed by atoms with Crippen LogP contribution in [0.2, 0.25) is 0 Å². The van der Waals surface area contributed by atoms with Crippen molar-refractivity contribution in [3.05, 3.63) is 34.9 Å². The molecule has 0 bridgehead atoms. The van der Waals surface area contributed by atoms with E-state index in [4.69, 9.17) is 5.26 Å². The molecule has 0 N–H and O–H groups in total. The molecule has 0 spiro atoms. The largest absolute Gasteiger partial charge is 0.192 e. The number of aryl methyl sites for hydroxylation is 2. The van der Waals surface area contributed by atoms with E-state index in [1.54, 1.807) is 0 Å². The fourth-order valence-corrected chi connectivity index (χ4v) is 1.58. The number of benzene rings is 1. The molecule has 1 rings (SSSR count). The Morgan fingerprint density at radius 2 is 2.23 bits per heavy atom. The van der Waals surface area contributed by atoms with E-state index in [0.29, 0.717) is 0 Å². The second-order valence-electron chi connectivity index (χ2n) is 3.05. The third kappa shape index (κ3) is 2.86. The molecule has 0 saturated heterocycles. The highest BCUT2D eigenvalue weighted by Crippen LogP contribution is 2.12. The summed E-state index contributed by atoms with van der Waals surface area (Å²) in [5, 5.41) is 9.71. The standard InChI is InChI=1S/C11H12BrN/c1-9-7-10(8-13)4-5-11(9)3-2-6-12/h4-5,7H,2-3,6H2,1H3. The van der Waals surface area contributed by atoms with Crippen LogP contribution in [-0.4, -0.2) is 5.33 Å². The zero-order chi connectivity index (χ0) is 9.68. The molecule has 1 aromatic carbocycles. The van der Waals surface area contributed by atoms with Crippen molar-refractivity contribution in [2.24, 2.45) is 0 Å². The molecule has 0 unspecified atom stereocenters. The monoisotopic (exact) mass is 237 g/mol. The molecule has 1 aromatic rings. The summed E-state index contributed by atoms with van der Waals surface area (Å²) in [4.78, 5) is 0. The van der Waals surface area contributed by atoms with Crippen molar-refractivity contribution in [2.75, 3.05) is 5.33 Å². The minimum absolute atomic E-state index is 0.750. The van der Waals surface area contributed by atoms with Gasteiger partial charge in [-0.15, -0.1) is 0 Å². The fraction of sp³-hybridized carbons (Fsp3) is 0.364. The molecular weight excluding hydrogens is 226 g/mol. The third-order valence-corrected chi connectivity index (χ3v) is 2.61. The Morgan fingerprint density at radius 3 is 2.77 bits per heavy atom. The van der Waals surface area contributed by atoms with Gasteiger partial charge >= 0.3 is 0 Å². The zero-order valence-electron chi connectivity index (χ0n) is 7.68. The van der Waals surface area contributed by atoms with Crippen molar-refractivity contribution in [1.82, 2.24) is 0 Å². The quantitative estimate of drug-likeness (QED) is 0.742. The predicted molar refractivity (Wildman–Crippen MR) is 58.0 cm³/mol. The summed E-state index contributed by atoms with van der Waals surface area (Å²) in [6.45, 7) is 2.06. The normalized spacial score (nSPS) is 9.62. The number of halogens is 1. The van der Waals surface area contributed by atoms with Gasteiger partial charge in [0.05, 0.1) is 11.6 Å². The summed E-state index contributed by atoms with van der Waals surface area (Å²) in [6, 6.07) is 8.03. The molecule has 0 saturated carbocycles. The molecule has 0 aliphatic heterocycles. The van der Waals surface area contributed by atoms with Crippen LogP contribution >= 0.6 is 15.9 Å². The van der Waals surface area contributed by atoms with Crippen molar-refractivity contribution >= 4 is 15.9 Å². The van der Waals surface area contributed by atoms with Crippen molar-refractivity contribution < 1.29 is 0 Å². The van der Waals surface area contributed by atoms with Gasteiger partial charge in [0.2, 0.25) is 0 Å². The Bertz CT molecular complexity index is 325. The molecule has 68 valence electrons. The zero-order valence-corrected chi connectivity index (χ0v) is 9.26. The van der Waals surface area contributed by atoms with E-state index < -0.39 is 0 Å². The molecule has 0 aromatic heterocycles. The third-order valence-electron chi connectivity index (χ3n) is 2.05. The lowest BCUT2D eigenvalue weighted by molar-refractivity contribution is 0.929. The maximum absolute atomic E-state index is 8.67. The molecule has 0 aliphatic carbocycles. The Labute approximate surface area is 87.5 Å². The Balaban J connectivity index is 2.81. The molecule has 1 nitrogen and oxygen atoms in total. The van der Waals surface area contributed by atoms with Crippen molar-refractivity contribution in [3.8, 4) is 6.07 Å². The number of rotatable bonds is 3. The highest BCUT2D eigenvalue weighted by Gasteiger charge is 1.98. The molecule has 0 atom stereocenters. The van der Waals surface area contributed by atoms with Gasteiger partial charge < -0.3 is 0 Å². The van der Waals surface area contributed by atoms with Gasteiger partial charge in [-0.05, 0) is 43.0 Å². The number of hydrogen-bond donors (Lipinski definition) is 0.